The molecule has 0 spiro atoms. The van der Waals surface area contributed by atoms with Gasteiger partial charge in [0.15, 0.2) is 0 Å². The number of carbonyl (C=O) groups excluding carboxylic acids is 2. The second kappa shape index (κ2) is 7.08. The van der Waals surface area contributed by atoms with Crippen LogP contribution in [0.2, 0.25) is 0 Å². The predicted molar refractivity (Wildman–Crippen MR) is 108 cm³/mol. The first-order valence-electron chi connectivity index (χ1n) is 8.86. The summed E-state index contributed by atoms with van der Waals surface area (Å²) < 4.78 is 2.06. The van der Waals surface area contributed by atoms with E-state index in [2.05, 4.69) is 14.9 Å². The van der Waals surface area contributed by atoms with E-state index in [0.717, 1.165) is 28.1 Å². The number of amides is 2. The van der Waals surface area contributed by atoms with Gasteiger partial charge < -0.3 is 9.88 Å². The summed E-state index contributed by atoms with van der Waals surface area (Å²) in [6.07, 6.45) is 0. The van der Waals surface area contributed by atoms with E-state index in [0.29, 0.717) is 11.0 Å². The van der Waals surface area contributed by atoms with Gasteiger partial charge in [-0.15, -0.1) is 0 Å². The molecule has 6 heteroatoms. The number of carbonyl (C=O) groups is 2. The molecule has 0 unspecified atom stereocenters. The molecule has 2 aliphatic rings. The van der Waals surface area contributed by atoms with Crippen LogP contribution >= 0.6 is 0 Å². The van der Waals surface area contributed by atoms with Crippen LogP contribution in [0.25, 0.3) is 28.1 Å². The van der Waals surface area contributed by atoms with Gasteiger partial charge in [-0.05, 0) is 48.5 Å². The van der Waals surface area contributed by atoms with Crippen molar-refractivity contribution in [1.82, 2.24) is 9.55 Å². The molecule has 28 heavy (non-hydrogen) atoms. The highest BCUT2D eigenvalue weighted by molar-refractivity contribution is 5.92. The second-order valence-corrected chi connectivity index (χ2v) is 6.47. The predicted octanol–water partition coefficient (Wildman–Crippen LogP) is 3.54. The molecule has 0 fully saturated rings. The van der Waals surface area contributed by atoms with Gasteiger partial charge in [0.25, 0.3) is 0 Å². The second-order valence-electron chi connectivity index (χ2n) is 6.47. The molecule has 0 saturated heterocycles. The van der Waals surface area contributed by atoms with Crippen LogP contribution in [0.1, 0.15) is 13.8 Å². The Hall–Kier alpha value is -3.80. The van der Waals surface area contributed by atoms with E-state index < -0.39 is 0 Å². The summed E-state index contributed by atoms with van der Waals surface area (Å²) in [6, 6.07) is 21.0. The van der Waals surface area contributed by atoms with E-state index in [9.17, 15) is 9.59 Å². The number of nitrogens with one attached hydrogen (secondary N) is 1. The Labute approximate surface area is 161 Å². The van der Waals surface area contributed by atoms with Crippen molar-refractivity contribution in [3.63, 3.8) is 0 Å². The van der Waals surface area contributed by atoms with Gasteiger partial charge in [-0.2, -0.15) is 0 Å². The minimum Gasteiger partial charge on any atom is -0.326 e. The molecule has 1 N–H and O–H groups in total. The number of hydrogen-bond donors (Lipinski definition) is 1. The monoisotopic (exact) mass is 370 g/mol. The zero-order chi connectivity index (χ0) is 19.7. The first-order chi connectivity index (χ1) is 13.5. The van der Waals surface area contributed by atoms with Crippen LogP contribution in [0.4, 0.5) is 5.69 Å². The van der Waals surface area contributed by atoms with Crippen LogP contribution in [0.5, 0.6) is 0 Å². The maximum absolute atomic E-state index is 11.5. The van der Waals surface area contributed by atoms with E-state index >= 15 is 0 Å². The Kier molecular flexibility index (Phi) is 4.45. The number of anilines is 1. The summed E-state index contributed by atoms with van der Waals surface area (Å²) in [7, 11) is 0. The molecule has 0 saturated carbocycles. The summed E-state index contributed by atoms with van der Waals surface area (Å²) in [5.74, 6) is -0.394. The van der Waals surface area contributed by atoms with Gasteiger partial charge in [-0.3, -0.25) is 9.59 Å². The number of rotatable bonds is 2. The van der Waals surface area contributed by atoms with Crippen molar-refractivity contribution in [1.29, 1.82) is 0 Å². The lowest BCUT2D eigenvalue weighted by molar-refractivity contribution is -0.116. The molecule has 138 valence electrons. The third-order valence-electron chi connectivity index (χ3n) is 4.28. The van der Waals surface area contributed by atoms with Gasteiger partial charge in [0.05, 0.1) is 27.8 Å². The first kappa shape index (κ1) is 17.6. The van der Waals surface area contributed by atoms with Crippen molar-refractivity contribution in [3.05, 3.63) is 72.1 Å². The third-order valence-corrected chi connectivity index (χ3v) is 4.28. The minimum absolute atomic E-state index is 0.137. The van der Waals surface area contributed by atoms with Crippen LogP contribution in [-0.4, -0.2) is 21.4 Å². The lowest BCUT2D eigenvalue weighted by Crippen LogP contribution is -2.12. The summed E-state index contributed by atoms with van der Waals surface area (Å²) in [5.41, 5.74) is 4.87. The van der Waals surface area contributed by atoms with E-state index in [-0.39, 0.29) is 11.8 Å². The fraction of sp³-hybridized carbons (Fsp3) is 0.0909. The molecule has 1 heterocycles. The molecule has 0 bridgehead atoms. The molecule has 2 amide bonds. The van der Waals surface area contributed by atoms with Crippen LogP contribution < -0.4 is 10.7 Å². The van der Waals surface area contributed by atoms with E-state index in [1.165, 1.54) is 13.8 Å². The Bertz CT molecular complexity index is 1240. The summed E-state index contributed by atoms with van der Waals surface area (Å²) in [6.45, 7) is 2.90. The number of benzene rings is 3. The fourth-order valence-corrected chi connectivity index (χ4v) is 3.23. The number of aromatic nitrogens is 2. The van der Waals surface area contributed by atoms with Gasteiger partial charge in [-0.25, -0.2) is 9.98 Å². The number of nitrogens with zero attached hydrogens (tertiary/aromatic N) is 3. The average Bonchev–Trinajstić information content (AvgIpc) is 2.66. The third kappa shape index (κ3) is 3.40. The molecular formula is C22H18N4O2. The van der Waals surface area contributed by atoms with Crippen molar-refractivity contribution in [2.75, 3.05) is 5.32 Å². The highest BCUT2D eigenvalue weighted by Gasteiger charge is 2.15. The summed E-state index contributed by atoms with van der Waals surface area (Å²) in [4.78, 5) is 31.7. The molecule has 1 aliphatic heterocycles. The Morgan fingerprint density at radius 1 is 0.964 bits per heavy atom. The molecule has 6 nitrogen and oxygen atoms in total. The summed E-state index contributed by atoms with van der Waals surface area (Å²) in [5, 5.41) is 3.39. The van der Waals surface area contributed by atoms with E-state index in [1.807, 2.05) is 60.7 Å². The van der Waals surface area contributed by atoms with Gasteiger partial charge in [0, 0.05) is 25.2 Å². The average molecular weight is 370 g/mol. The zero-order valence-corrected chi connectivity index (χ0v) is 15.5. The maximum Gasteiger partial charge on any atom is 0.243 e. The molecule has 2 aromatic carbocycles. The van der Waals surface area contributed by atoms with Gasteiger partial charge >= 0.3 is 0 Å². The molecular weight excluding hydrogens is 352 g/mol. The molecule has 0 radical (unpaired) electrons. The highest BCUT2D eigenvalue weighted by Crippen LogP contribution is 2.29. The van der Waals surface area contributed by atoms with Crippen molar-refractivity contribution >= 4 is 28.5 Å². The fourth-order valence-electron chi connectivity index (χ4n) is 3.23. The molecule has 0 atom stereocenters. The van der Waals surface area contributed by atoms with E-state index in [1.54, 1.807) is 6.07 Å². The lowest BCUT2D eigenvalue weighted by atomic mass is 10.1. The summed E-state index contributed by atoms with van der Waals surface area (Å²) >= 11 is 0. The quantitative estimate of drug-likeness (QED) is 0.548. The van der Waals surface area contributed by atoms with Crippen molar-refractivity contribution < 1.29 is 9.59 Å². The van der Waals surface area contributed by atoms with Crippen LogP contribution in [0, 0.1) is 0 Å². The minimum atomic E-state index is -0.257. The number of hydrogen-bond acceptors (Lipinski definition) is 3. The van der Waals surface area contributed by atoms with Crippen LogP contribution in [0.15, 0.2) is 71.7 Å². The first-order valence-corrected chi connectivity index (χ1v) is 8.86. The topological polar surface area (TPSA) is 76.3 Å². The normalized spacial score (nSPS) is 11.7. The van der Waals surface area contributed by atoms with E-state index in [4.69, 9.17) is 4.98 Å². The van der Waals surface area contributed by atoms with Gasteiger partial charge in [0.2, 0.25) is 11.8 Å². The lowest BCUT2D eigenvalue weighted by Gasteiger charge is -2.19. The standard InChI is InChI=1S/C22H18N4O2/c1-14(27)23-16-8-10-19-21(12-16)26(18-6-4-3-5-7-18)22-13-17(24-15(2)28)9-11-20(22)25-19/h3-13H,1-2H3,(H,23,27). The van der Waals surface area contributed by atoms with Gasteiger partial charge in [-0.1, -0.05) is 18.2 Å². The smallest absolute Gasteiger partial charge is 0.243 e. The maximum atomic E-state index is 11.5. The zero-order valence-electron chi connectivity index (χ0n) is 15.5. The van der Waals surface area contributed by atoms with Gasteiger partial charge in [0.1, 0.15) is 0 Å². The van der Waals surface area contributed by atoms with Crippen molar-refractivity contribution in [3.8, 4) is 17.1 Å². The van der Waals surface area contributed by atoms with Crippen molar-refractivity contribution in [2.45, 2.75) is 13.8 Å². The van der Waals surface area contributed by atoms with Crippen LogP contribution in [0.3, 0.4) is 0 Å². The Morgan fingerprint density at radius 2 is 1.75 bits per heavy atom. The SMILES string of the molecule is CC(=O)N=c1ccc2nc3ccc(NC(C)=O)cc3n(-c3ccccc3)c-2c1. The molecule has 0 aromatic heterocycles. The Balaban J connectivity index is 2.11. The Morgan fingerprint density at radius 3 is 2.46 bits per heavy atom. The molecule has 1 aliphatic carbocycles. The largest absolute Gasteiger partial charge is 0.326 e. The van der Waals surface area contributed by atoms with Crippen molar-refractivity contribution in [2.24, 2.45) is 4.99 Å². The number of para-hydroxylation sites is 1. The molecule has 4 rings (SSSR count). The highest BCUT2D eigenvalue weighted by atomic mass is 16.1. The van der Waals surface area contributed by atoms with Crippen LogP contribution in [-0.2, 0) is 9.59 Å². The molecule has 2 aromatic rings. The number of fused-ring (bicyclic) bond motifs is 2.